The third kappa shape index (κ3) is 3.92. The van der Waals surface area contributed by atoms with Crippen molar-refractivity contribution in [1.82, 2.24) is 10.3 Å². The van der Waals surface area contributed by atoms with E-state index in [1.165, 1.54) is 23.5 Å². The number of halogens is 1. The molecule has 0 spiro atoms. The van der Waals surface area contributed by atoms with Gasteiger partial charge in [-0.05, 0) is 37.1 Å². The molecular weight excluding hydrogens is 317 g/mol. The molecule has 1 fully saturated rings. The van der Waals surface area contributed by atoms with Gasteiger partial charge in [-0.25, -0.2) is 9.37 Å². The number of thiazole rings is 1. The van der Waals surface area contributed by atoms with E-state index in [1.54, 1.807) is 17.5 Å². The summed E-state index contributed by atoms with van der Waals surface area (Å²) < 4.78 is 12.9. The fraction of sp³-hybridized carbons (Fsp3) is 0.312. The van der Waals surface area contributed by atoms with Gasteiger partial charge in [0.2, 0.25) is 0 Å². The number of carbonyl (C=O) groups is 2. The first-order chi connectivity index (χ1) is 11.1. The number of nitrogens with zero attached hydrogens (tertiary/aromatic N) is 1. The number of amides is 2. The minimum absolute atomic E-state index is 0.0966. The average molecular weight is 333 g/mol. The van der Waals surface area contributed by atoms with Gasteiger partial charge < -0.3 is 5.32 Å². The van der Waals surface area contributed by atoms with Gasteiger partial charge in [-0.2, -0.15) is 0 Å². The van der Waals surface area contributed by atoms with Gasteiger partial charge in [0.15, 0.2) is 5.13 Å². The molecule has 0 saturated heterocycles. The number of benzene rings is 1. The zero-order chi connectivity index (χ0) is 16.2. The van der Waals surface area contributed by atoms with Crippen molar-refractivity contribution >= 4 is 28.3 Å². The summed E-state index contributed by atoms with van der Waals surface area (Å²) in [6.45, 7) is 0. The van der Waals surface area contributed by atoms with Gasteiger partial charge in [0.05, 0.1) is 5.69 Å². The first kappa shape index (κ1) is 15.6. The van der Waals surface area contributed by atoms with Gasteiger partial charge in [-0.1, -0.05) is 12.8 Å². The predicted molar refractivity (Wildman–Crippen MR) is 86.5 cm³/mol. The van der Waals surface area contributed by atoms with E-state index in [0.717, 1.165) is 31.2 Å². The van der Waals surface area contributed by atoms with Crippen molar-refractivity contribution in [2.75, 3.05) is 5.32 Å². The highest BCUT2D eigenvalue weighted by Gasteiger charge is 2.22. The molecule has 23 heavy (non-hydrogen) atoms. The first-order valence-electron chi connectivity index (χ1n) is 7.45. The highest BCUT2D eigenvalue weighted by molar-refractivity contribution is 7.14. The Bertz CT molecular complexity index is 708. The molecular formula is C16H16FN3O2S. The van der Waals surface area contributed by atoms with Crippen LogP contribution in [-0.4, -0.2) is 22.8 Å². The van der Waals surface area contributed by atoms with Crippen LogP contribution in [0.1, 0.15) is 25.7 Å². The fourth-order valence-electron chi connectivity index (χ4n) is 2.56. The normalized spacial score (nSPS) is 14.7. The summed E-state index contributed by atoms with van der Waals surface area (Å²) in [4.78, 5) is 28.0. The summed E-state index contributed by atoms with van der Waals surface area (Å²) in [6.07, 6.45) is 4.01. The van der Waals surface area contributed by atoms with E-state index in [-0.39, 0.29) is 11.9 Å². The maximum atomic E-state index is 12.9. The standard InChI is InChI=1S/C16H16FN3O2S/c17-11-7-5-10(6-8-11)13-9-23-16(19-13)20-15(22)14(21)18-12-3-1-2-4-12/h5-9,12H,1-4H2,(H,18,21)(H,19,20,22). The zero-order valence-electron chi connectivity index (χ0n) is 12.3. The van der Waals surface area contributed by atoms with Crippen LogP contribution in [0.15, 0.2) is 29.6 Å². The molecule has 0 aliphatic heterocycles. The number of rotatable bonds is 3. The van der Waals surface area contributed by atoms with Crippen molar-refractivity contribution in [3.05, 3.63) is 35.5 Å². The first-order valence-corrected chi connectivity index (χ1v) is 8.33. The summed E-state index contributed by atoms with van der Waals surface area (Å²) in [5.74, 6) is -1.66. The van der Waals surface area contributed by atoms with Crippen LogP contribution < -0.4 is 10.6 Å². The Morgan fingerprint density at radius 1 is 1.13 bits per heavy atom. The van der Waals surface area contributed by atoms with E-state index in [2.05, 4.69) is 15.6 Å². The van der Waals surface area contributed by atoms with E-state index < -0.39 is 11.8 Å². The second kappa shape index (κ2) is 6.87. The monoisotopic (exact) mass is 333 g/mol. The molecule has 2 amide bonds. The topological polar surface area (TPSA) is 71.1 Å². The van der Waals surface area contributed by atoms with E-state index >= 15 is 0 Å². The molecule has 1 heterocycles. The van der Waals surface area contributed by atoms with Crippen LogP contribution in [0.2, 0.25) is 0 Å². The van der Waals surface area contributed by atoms with Gasteiger partial charge in [0, 0.05) is 17.0 Å². The Morgan fingerprint density at radius 2 is 1.83 bits per heavy atom. The third-order valence-corrected chi connectivity index (χ3v) is 4.52. The molecule has 1 saturated carbocycles. The second-order valence-corrected chi connectivity index (χ2v) is 6.31. The molecule has 1 aromatic heterocycles. The SMILES string of the molecule is O=C(Nc1nc(-c2ccc(F)cc2)cs1)C(=O)NC1CCCC1. The van der Waals surface area contributed by atoms with Crippen LogP contribution >= 0.6 is 11.3 Å². The number of anilines is 1. The molecule has 0 bridgehead atoms. The lowest BCUT2D eigenvalue weighted by Gasteiger charge is -2.10. The number of hydrogen-bond acceptors (Lipinski definition) is 4. The van der Waals surface area contributed by atoms with Crippen molar-refractivity contribution in [2.45, 2.75) is 31.7 Å². The second-order valence-electron chi connectivity index (χ2n) is 5.45. The van der Waals surface area contributed by atoms with E-state index in [9.17, 15) is 14.0 Å². The van der Waals surface area contributed by atoms with Crippen LogP contribution in [0.25, 0.3) is 11.3 Å². The van der Waals surface area contributed by atoms with Crippen LogP contribution in [-0.2, 0) is 9.59 Å². The van der Waals surface area contributed by atoms with Gasteiger partial charge in [0.1, 0.15) is 5.82 Å². The van der Waals surface area contributed by atoms with Crippen molar-refractivity contribution in [3.8, 4) is 11.3 Å². The molecule has 1 aromatic carbocycles. The molecule has 2 aromatic rings. The van der Waals surface area contributed by atoms with E-state index in [0.29, 0.717) is 10.8 Å². The largest absolute Gasteiger partial charge is 0.345 e. The molecule has 7 heteroatoms. The minimum atomic E-state index is -0.711. The zero-order valence-corrected chi connectivity index (χ0v) is 13.2. The lowest BCUT2D eigenvalue weighted by Crippen LogP contribution is -2.40. The molecule has 3 rings (SSSR count). The number of aromatic nitrogens is 1. The highest BCUT2D eigenvalue weighted by atomic mass is 32.1. The molecule has 0 radical (unpaired) electrons. The Labute approximate surface area is 136 Å². The predicted octanol–water partition coefficient (Wildman–Crippen LogP) is 2.95. The van der Waals surface area contributed by atoms with Gasteiger partial charge >= 0.3 is 11.8 Å². The van der Waals surface area contributed by atoms with Gasteiger partial charge in [-0.3, -0.25) is 14.9 Å². The molecule has 1 aliphatic carbocycles. The maximum absolute atomic E-state index is 12.9. The maximum Gasteiger partial charge on any atom is 0.315 e. The number of nitrogens with one attached hydrogen (secondary N) is 2. The Kier molecular flexibility index (Phi) is 4.66. The summed E-state index contributed by atoms with van der Waals surface area (Å²) in [5, 5.41) is 7.32. The minimum Gasteiger partial charge on any atom is -0.345 e. The lowest BCUT2D eigenvalue weighted by molar-refractivity contribution is -0.136. The Balaban J connectivity index is 1.60. The molecule has 0 unspecified atom stereocenters. The summed E-state index contributed by atoms with van der Waals surface area (Å²) >= 11 is 1.22. The van der Waals surface area contributed by atoms with Crippen molar-refractivity contribution in [1.29, 1.82) is 0 Å². The van der Waals surface area contributed by atoms with Crippen LogP contribution in [0, 0.1) is 5.82 Å². The van der Waals surface area contributed by atoms with Gasteiger partial charge in [-0.15, -0.1) is 11.3 Å². The summed E-state index contributed by atoms with van der Waals surface area (Å²) in [7, 11) is 0. The molecule has 1 aliphatic rings. The van der Waals surface area contributed by atoms with E-state index in [4.69, 9.17) is 0 Å². The lowest BCUT2D eigenvalue weighted by atomic mass is 10.2. The number of hydrogen-bond donors (Lipinski definition) is 2. The van der Waals surface area contributed by atoms with Crippen LogP contribution in [0.5, 0.6) is 0 Å². The van der Waals surface area contributed by atoms with Crippen LogP contribution in [0.3, 0.4) is 0 Å². The smallest absolute Gasteiger partial charge is 0.315 e. The molecule has 0 atom stereocenters. The van der Waals surface area contributed by atoms with Gasteiger partial charge in [0.25, 0.3) is 0 Å². The molecule has 120 valence electrons. The Hall–Kier alpha value is -2.28. The van der Waals surface area contributed by atoms with Crippen molar-refractivity contribution < 1.29 is 14.0 Å². The van der Waals surface area contributed by atoms with E-state index in [1.807, 2.05) is 0 Å². The fourth-order valence-corrected chi connectivity index (χ4v) is 3.27. The average Bonchev–Trinajstić information content (AvgIpc) is 3.20. The van der Waals surface area contributed by atoms with Crippen molar-refractivity contribution in [2.24, 2.45) is 0 Å². The molecule has 5 nitrogen and oxygen atoms in total. The highest BCUT2D eigenvalue weighted by Crippen LogP contribution is 2.25. The quantitative estimate of drug-likeness (QED) is 0.849. The number of carbonyl (C=O) groups excluding carboxylic acids is 2. The van der Waals surface area contributed by atoms with Crippen LogP contribution in [0.4, 0.5) is 9.52 Å². The van der Waals surface area contributed by atoms with Crippen molar-refractivity contribution in [3.63, 3.8) is 0 Å². The Morgan fingerprint density at radius 3 is 2.52 bits per heavy atom. The summed E-state index contributed by atoms with van der Waals surface area (Å²) in [6, 6.07) is 6.02. The summed E-state index contributed by atoms with van der Waals surface area (Å²) in [5.41, 5.74) is 1.38. The third-order valence-electron chi connectivity index (χ3n) is 3.76. The molecule has 2 N–H and O–H groups in total.